The van der Waals surface area contributed by atoms with Gasteiger partial charge in [0, 0.05) is 38.6 Å². The maximum absolute atomic E-state index is 5.49. The average Bonchev–Trinajstić information content (AvgIpc) is 3.15. The van der Waals surface area contributed by atoms with E-state index in [2.05, 4.69) is 101 Å². The summed E-state index contributed by atoms with van der Waals surface area (Å²) in [5.41, 5.74) is 5.80. The Morgan fingerprint density at radius 1 is 0.875 bits per heavy atom. The molecule has 3 rings (SSSR count). The lowest BCUT2D eigenvalue weighted by Gasteiger charge is -2.28. The van der Waals surface area contributed by atoms with Crippen LogP contribution in [-0.4, -0.2) is 42.7 Å². The normalized spacial score (nSPS) is 19.3. The molecule has 174 valence electrons. The third kappa shape index (κ3) is 5.90. The van der Waals surface area contributed by atoms with Crippen molar-refractivity contribution in [1.29, 1.82) is 0 Å². The van der Waals surface area contributed by atoms with Crippen LogP contribution in [0.5, 0.6) is 0 Å². The lowest BCUT2D eigenvalue weighted by Crippen LogP contribution is -2.42. The quantitative estimate of drug-likeness (QED) is 0.594. The maximum Gasteiger partial charge on any atom is 0.168 e. The molecule has 0 aromatic heterocycles. The molecular weight excluding hydrogens is 410 g/mol. The van der Waals surface area contributed by atoms with Crippen molar-refractivity contribution in [1.82, 2.24) is 15.5 Å². The zero-order chi connectivity index (χ0) is 23.7. The van der Waals surface area contributed by atoms with Gasteiger partial charge in [0.25, 0.3) is 0 Å². The predicted octanol–water partition coefficient (Wildman–Crippen LogP) is 5.58. The van der Waals surface area contributed by atoms with Crippen LogP contribution >= 0.6 is 12.2 Å². The Morgan fingerprint density at radius 3 is 1.69 bits per heavy atom. The molecule has 0 bridgehead atoms. The Bertz CT molecular complexity index is 844. The predicted molar refractivity (Wildman–Crippen MR) is 142 cm³/mol. The monoisotopic (exact) mass is 451 g/mol. The van der Waals surface area contributed by atoms with E-state index in [9.17, 15) is 0 Å². The van der Waals surface area contributed by atoms with Gasteiger partial charge in [0.1, 0.15) is 0 Å². The van der Waals surface area contributed by atoms with Crippen LogP contribution in [0.3, 0.4) is 0 Å². The third-order valence-electron chi connectivity index (χ3n) is 6.57. The van der Waals surface area contributed by atoms with Gasteiger partial charge in [-0.05, 0) is 51.7 Å². The van der Waals surface area contributed by atoms with Crippen molar-refractivity contribution in [2.75, 3.05) is 20.6 Å². The lowest BCUT2D eigenvalue weighted by molar-refractivity contribution is 0.521. The molecule has 1 aliphatic rings. The number of rotatable bonds is 4. The number of thiocarbonyl (C=S) groups is 1. The molecule has 0 saturated carbocycles. The van der Waals surface area contributed by atoms with E-state index in [-0.39, 0.29) is 10.8 Å². The van der Waals surface area contributed by atoms with Crippen LogP contribution in [0.4, 0.5) is 0 Å². The molecule has 0 aliphatic carbocycles. The molecule has 0 radical (unpaired) electrons. The first-order valence-corrected chi connectivity index (χ1v) is 12.2. The highest BCUT2D eigenvalue weighted by atomic mass is 32.1. The van der Waals surface area contributed by atoms with Gasteiger partial charge in [-0.15, -0.1) is 0 Å². The molecule has 2 aromatic rings. The van der Waals surface area contributed by atoms with Crippen LogP contribution in [0.25, 0.3) is 0 Å². The van der Waals surface area contributed by atoms with Gasteiger partial charge in [0.15, 0.2) is 5.11 Å². The third-order valence-corrected chi connectivity index (χ3v) is 7.06. The molecule has 1 saturated heterocycles. The summed E-state index contributed by atoms with van der Waals surface area (Å²) in [5.74, 6) is 0.303. The van der Waals surface area contributed by atoms with Crippen LogP contribution in [0.1, 0.15) is 76.1 Å². The Morgan fingerprint density at radius 2 is 1.31 bits per heavy atom. The highest BCUT2D eigenvalue weighted by molar-refractivity contribution is 7.80. The van der Waals surface area contributed by atoms with Crippen LogP contribution < -0.4 is 10.6 Å². The molecule has 2 atom stereocenters. The highest BCUT2D eigenvalue weighted by Crippen LogP contribution is 2.35. The molecule has 2 N–H and O–H groups in total. The summed E-state index contributed by atoms with van der Waals surface area (Å²) in [6, 6.07) is 19.2. The van der Waals surface area contributed by atoms with E-state index in [1.807, 2.05) is 19.0 Å². The lowest BCUT2D eigenvalue weighted by atomic mass is 9.80. The van der Waals surface area contributed by atoms with E-state index in [4.69, 9.17) is 12.2 Å². The van der Waals surface area contributed by atoms with Crippen LogP contribution in [-0.2, 0) is 10.8 Å². The first kappa shape index (κ1) is 24.7. The topological polar surface area (TPSA) is 27.3 Å². The van der Waals surface area contributed by atoms with E-state index < -0.39 is 0 Å². The van der Waals surface area contributed by atoms with Gasteiger partial charge in [-0.25, -0.2) is 0 Å². The smallest absolute Gasteiger partial charge is 0.168 e. The first-order valence-electron chi connectivity index (χ1n) is 11.8. The SMILES string of the molecule is CN(C)C(=S)NC1CNC(C(c2ccc(C(C)(C)C)cc2)c2ccc(C(C)(C)C)cc2)C1. The zero-order valence-corrected chi connectivity index (χ0v) is 21.9. The fourth-order valence-corrected chi connectivity index (χ4v) is 4.64. The molecular formula is C28H41N3S. The van der Waals surface area contributed by atoms with E-state index in [0.29, 0.717) is 18.0 Å². The molecule has 3 nitrogen and oxygen atoms in total. The Labute approximate surface area is 201 Å². The van der Waals surface area contributed by atoms with Gasteiger partial charge >= 0.3 is 0 Å². The minimum atomic E-state index is 0.158. The summed E-state index contributed by atoms with van der Waals surface area (Å²) in [6.45, 7) is 14.6. The molecule has 4 heteroatoms. The number of nitrogens with one attached hydrogen (secondary N) is 2. The Hall–Kier alpha value is -1.91. The number of benzene rings is 2. The molecule has 2 unspecified atom stereocenters. The van der Waals surface area contributed by atoms with Crippen LogP contribution in [0.15, 0.2) is 48.5 Å². The van der Waals surface area contributed by atoms with E-state index >= 15 is 0 Å². The highest BCUT2D eigenvalue weighted by Gasteiger charge is 2.33. The van der Waals surface area contributed by atoms with Gasteiger partial charge in [-0.3, -0.25) is 0 Å². The van der Waals surface area contributed by atoms with Crippen molar-refractivity contribution in [3.63, 3.8) is 0 Å². The summed E-state index contributed by atoms with van der Waals surface area (Å²) in [5, 5.41) is 8.12. The van der Waals surface area contributed by atoms with Gasteiger partial charge in [-0.2, -0.15) is 0 Å². The van der Waals surface area contributed by atoms with Crippen molar-refractivity contribution < 1.29 is 0 Å². The van der Waals surface area contributed by atoms with Gasteiger partial charge in [-0.1, -0.05) is 90.1 Å². The Balaban J connectivity index is 1.91. The number of nitrogens with zero attached hydrogens (tertiary/aromatic N) is 1. The van der Waals surface area contributed by atoms with E-state index in [0.717, 1.165) is 18.1 Å². The number of hydrogen-bond acceptors (Lipinski definition) is 2. The minimum absolute atomic E-state index is 0.158. The zero-order valence-electron chi connectivity index (χ0n) is 21.1. The fraction of sp³-hybridized carbons (Fsp3) is 0.536. The standard InChI is InChI=1S/C28H41N3S/c1-27(2,3)21-13-9-19(10-14-21)25(20-11-15-22(16-12-20)28(4,5)6)24-17-23(18-29-24)30-26(32)31(7)8/h9-16,23-25,29H,17-18H2,1-8H3,(H,30,32). The first-order chi connectivity index (χ1) is 14.9. The summed E-state index contributed by atoms with van der Waals surface area (Å²) in [6.07, 6.45) is 1.04. The minimum Gasteiger partial charge on any atom is -0.359 e. The largest absolute Gasteiger partial charge is 0.359 e. The molecule has 2 aromatic carbocycles. The fourth-order valence-electron chi connectivity index (χ4n) is 4.47. The molecule has 1 fully saturated rings. The molecule has 32 heavy (non-hydrogen) atoms. The number of hydrogen-bond donors (Lipinski definition) is 2. The maximum atomic E-state index is 5.49. The second-order valence-corrected chi connectivity index (χ2v) is 11.9. The van der Waals surface area contributed by atoms with Crippen molar-refractivity contribution in [2.45, 2.75) is 76.8 Å². The van der Waals surface area contributed by atoms with Gasteiger partial charge < -0.3 is 15.5 Å². The van der Waals surface area contributed by atoms with Gasteiger partial charge in [0.2, 0.25) is 0 Å². The molecule has 0 spiro atoms. The molecule has 1 aliphatic heterocycles. The summed E-state index contributed by atoms with van der Waals surface area (Å²) >= 11 is 5.49. The van der Waals surface area contributed by atoms with Crippen molar-refractivity contribution >= 4 is 17.3 Å². The Kier molecular flexibility index (Phi) is 7.36. The van der Waals surface area contributed by atoms with E-state index in [1.165, 1.54) is 22.3 Å². The molecule has 0 amide bonds. The average molecular weight is 452 g/mol. The summed E-state index contributed by atoms with van der Waals surface area (Å²) in [7, 11) is 3.98. The second-order valence-electron chi connectivity index (χ2n) is 11.5. The molecule has 1 heterocycles. The van der Waals surface area contributed by atoms with Crippen molar-refractivity contribution in [2.24, 2.45) is 0 Å². The van der Waals surface area contributed by atoms with E-state index in [1.54, 1.807) is 0 Å². The van der Waals surface area contributed by atoms with Gasteiger partial charge in [0.05, 0.1) is 0 Å². The van der Waals surface area contributed by atoms with Crippen molar-refractivity contribution in [3.8, 4) is 0 Å². The van der Waals surface area contributed by atoms with Crippen molar-refractivity contribution in [3.05, 3.63) is 70.8 Å². The van der Waals surface area contributed by atoms with Crippen LogP contribution in [0.2, 0.25) is 0 Å². The summed E-state index contributed by atoms with van der Waals surface area (Å²) < 4.78 is 0. The second kappa shape index (κ2) is 9.52. The summed E-state index contributed by atoms with van der Waals surface area (Å²) in [4.78, 5) is 1.97. The van der Waals surface area contributed by atoms with Crippen LogP contribution in [0, 0.1) is 0 Å².